The molecule has 0 aliphatic carbocycles. The maximum absolute atomic E-state index is 4.78. The van der Waals surface area contributed by atoms with Gasteiger partial charge in [0.25, 0.3) is 0 Å². The first-order valence-electron chi connectivity index (χ1n) is 9.47. The summed E-state index contributed by atoms with van der Waals surface area (Å²) >= 11 is 0. The van der Waals surface area contributed by atoms with Gasteiger partial charge in [-0.3, -0.25) is 4.98 Å². The molecule has 5 nitrogen and oxygen atoms in total. The van der Waals surface area contributed by atoms with E-state index in [9.17, 15) is 0 Å². The van der Waals surface area contributed by atoms with Crippen LogP contribution in [0.3, 0.4) is 0 Å². The van der Waals surface area contributed by atoms with Gasteiger partial charge in [-0.25, -0.2) is 9.97 Å². The third kappa shape index (κ3) is 4.15. The van der Waals surface area contributed by atoms with Crippen LogP contribution in [0.1, 0.15) is 11.1 Å². The molecule has 0 radical (unpaired) electrons. The number of rotatable bonds is 6. The van der Waals surface area contributed by atoms with Gasteiger partial charge in [0.1, 0.15) is 12.4 Å². The average molecular weight is 370 g/mol. The maximum atomic E-state index is 4.78. The van der Waals surface area contributed by atoms with E-state index < -0.39 is 0 Å². The first kappa shape index (κ1) is 18.1. The number of benzene rings is 2. The second-order valence-corrected chi connectivity index (χ2v) is 7.21. The third-order valence-corrected chi connectivity index (χ3v) is 4.56. The van der Waals surface area contributed by atoms with Gasteiger partial charge in [0, 0.05) is 35.5 Å². The molecule has 2 heterocycles. The fourth-order valence-electron chi connectivity index (χ4n) is 3.20. The van der Waals surface area contributed by atoms with Crippen molar-refractivity contribution in [3.8, 4) is 11.4 Å². The molecule has 0 unspecified atom stereocenters. The Bertz CT molecular complexity index is 1060. The van der Waals surface area contributed by atoms with Crippen molar-refractivity contribution in [1.29, 1.82) is 0 Å². The lowest BCUT2D eigenvalue weighted by molar-refractivity contribution is -0.872. The Kier molecular flexibility index (Phi) is 5.26. The van der Waals surface area contributed by atoms with Gasteiger partial charge in [-0.15, -0.1) is 0 Å². The molecule has 4 aromatic rings. The van der Waals surface area contributed by atoms with Crippen LogP contribution in [-0.2, 0) is 13.1 Å². The van der Waals surface area contributed by atoms with Gasteiger partial charge in [0.05, 0.1) is 19.6 Å². The zero-order chi connectivity index (χ0) is 19.3. The number of pyridine rings is 1. The van der Waals surface area contributed by atoms with E-state index in [4.69, 9.17) is 9.97 Å². The van der Waals surface area contributed by atoms with Crippen molar-refractivity contribution in [3.63, 3.8) is 0 Å². The lowest BCUT2D eigenvalue weighted by atomic mass is 10.1. The zero-order valence-corrected chi connectivity index (χ0v) is 16.2. The lowest BCUT2D eigenvalue weighted by Gasteiger charge is -2.12. The predicted molar refractivity (Wildman–Crippen MR) is 113 cm³/mol. The van der Waals surface area contributed by atoms with E-state index in [2.05, 4.69) is 48.7 Å². The van der Waals surface area contributed by atoms with Crippen molar-refractivity contribution in [3.05, 3.63) is 84.2 Å². The summed E-state index contributed by atoms with van der Waals surface area (Å²) in [5, 5.41) is 4.51. The van der Waals surface area contributed by atoms with E-state index in [1.807, 2.05) is 36.4 Å². The van der Waals surface area contributed by atoms with Crippen LogP contribution in [0.2, 0.25) is 0 Å². The largest absolute Gasteiger partial charge is 0.365 e. The van der Waals surface area contributed by atoms with Crippen molar-refractivity contribution < 1.29 is 4.90 Å². The highest BCUT2D eigenvalue weighted by Crippen LogP contribution is 2.24. The molecule has 0 spiro atoms. The Morgan fingerprint density at radius 3 is 2.39 bits per heavy atom. The van der Waals surface area contributed by atoms with Gasteiger partial charge in [-0.1, -0.05) is 36.4 Å². The Labute approximate surface area is 165 Å². The quantitative estimate of drug-likeness (QED) is 0.548. The first-order chi connectivity index (χ1) is 13.7. The maximum Gasteiger partial charge on any atom is 0.163 e. The summed E-state index contributed by atoms with van der Waals surface area (Å²) in [6.07, 6.45) is 3.55. The highest BCUT2D eigenvalue weighted by molar-refractivity contribution is 5.90. The minimum absolute atomic E-state index is 0.679. The summed E-state index contributed by atoms with van der Waals surface area (Å²) in [5.41, 5.74) is 4.40. The van der Waals surface area contributed by atoms with E-state index in [0.29, 0.717) is 12.4 Å². The van der Waals surface area contributed by atoms with Crippen molar-refractivity contribution >= 4 is 16.7 Å². The second kappa shape index (κ2) is 8.15. The number of nitrogens with zero attached hydrogens (tertiary/aromatic N) is 3. The van der Waals surface area contributed by atoms with E-state index in [0.717, 1.165) is 28.8 Å². The summed E-state index contributed by atoms with van der Waals surface area (Å²) in [6.45, 7) is 1.74. The Morgan fingerprint density at radius 1 is 0.857 bits per heavy atom. The molecule has 0 fully saturated rings. The van der Waals surface area contributed by atoms with Crippen molar-refractivity contribution in [2.75, 3.05) is 19.4 Å². The van der Waals surface area contributed by atoms with Gasteiger partial charge in [0.2, 0.25) is 0 Å². The molecule has 0 aliphatic rings. The molecule has 0 aliphatic heterocycles. The summed E-state index contributed by atoms with van der Waals surface area (Å²) < 4.78 is 0. The van der Waals surface area contributed by atoms with Crippen LogP contribution in [0, 0.1) is 0 Å². The minimum Gasteiger partial charge on any atom is -0.365 e. The molecule has 0 saturated carbocycles. The van der Waals surface area contributed by atoms with E-state index >= 15 is 0 Å². The Morgan fingerprint density at radius 2 is 1.64 bits per heavy atom. The number of nitrogens with one attached hydrogen (secondary N) is 2. The molecular formula is C23H24N5+. The minimum atomic E-state index is 0.679. The Balaban J connectivity index is 1.61. The fraction of sp³-hybridized carbons (Fsp3) is 0.174. The molecule has 0 bridgehead atoms. The van der Waals surface area contributed by atoms with Gasteiger partial charge in [-0.2, -0.15) is 0 Å². The molecule has 5 heteroatoms. The standard InChI is InChI=1S/C23H23N5/c1-28(2)16-18-11-9-17(10-12-18)14-25-23-20-7-3-4-8-21(20)26-22(27-23)19-6-5-13-24-15-19/h3-13,15H,14,16H2,1-2H3,(H,25,26,27)/p+1. The number of quaternary nitrogens is 1. The topological polar surface area (TPSA) is 55.1 Å². The van der Waals surface area contributed by atoms with Crippen LogP contribution >= 0.6 is 0 Å². The van der Waals surface area contributed by atoms with Crippen LogP contribution in [0.25, 0.3) is 22.3 Å². The van der Waals surface area contributed by atoms with Gasteiger partial charge in [0.15, 0.2) is 5.82 Å². The molecule has 0 saturated heterocycles. The first-order valence-corrected chi connectivity index (χ1v) is 9.47. The number of fused-ring (bicyclic) bond motifs is 1. The SMILES string of the molecule is C[NH+](C)Cc1ccc(CNc2nc(-c3cccnc3)nc3ccccc23)cc1. The van der Waals surface area contributed by atoms with E-state index in [-0.39, 0.29) is 0 Å². The molecule has 140 valence electrons. The zero-order valence-electron chi connectivity index (χ0n) is 16.2. The fourth-order valence-corrected chi connectivity index (χ4v) is 3.20. The van der Waals surface area contributed by atoms with Crippen LogP contribution in [-0.4, -0.2) is 29.0 Å². The number of hydrogen-bond acceptors (Lipinski definition) is 4. The van der Waals surface area contributed by atoms with Crippen LogP contribution in [0.5, 0.6) is 0 Å². The summed E-state index contributed by atoms with van der Waals surface area (Å²) in [7, 11) is 4.32. The summed E-state index contributed by atoms with van der Waals surface area (Å²) in [6, 6.07) is 20.7. The Hall–Kier alpha value is -3.31. The van der Waals surface area contributed by atoms with Gasteiger partial charge < -0.3 is 10.2 Å². The second-order valence-electron chi connectivity index (χ2n) is 7.21. The summed E-state index contributed by atoms with van der Waals surface area (Å²) in [5.74, 6) is 1.52. The van der Waals surface area contributed by atoms with Crippen LogP contribution < -0.4 is 10.2 Å². The smallest absolute Gasteiger partial charge is 0.163 e. The third-order valence-electron chi connectivity index (χ3n) is 4.56. The highest BCUT2D eigenvalue weighted by Gasteiger charge is 2.09. The molecule has 2 aromatic carbocycles. The van der Waals surface area contributed by atoms with Crippen molar-refractivity contribution in [2.24, 2.45) is 0 Å². The van der Waals surface area contributed by atoms with Gasteiger partial charge in [-0.05, 0) is 29.8 Å². The van der Waals surface area contributed by atoms with Crippen molar-refractivity contribution in [2.45, 2.75) is 13.1 Å². The normalized spacial score (nSPS) is 11.1. The molecule has 2 N–H and O–H groups in total. The molecule has 4 rings (SSSR count). The van der Waals surface area contributed by atoms with Gasteiger partial charge >= 0.3 is 0 Å². The summed E-state index contributed by atoms with van der Waals surface area (Å²) in [4.78, 5) is 15.1. The predicted octanol–water partition coefficient (Wildman–Crippen LogP) is 2.95. The number of para-hydroxylation sites is 1. The van der Waals surface area contributed by atoms with Crippen LogP contribution in [0.4, 0.5) is 5.82 Å². The molecule has 28 heavy (non-hydrogen) atoms. The lowest BCUT2D eigenvalue weighted by Crippen LogP contribution is -3.04. The highest BCUT2D eigenvalue weighted by atomic mass is 15.0. The monoisotopic (exact) mass is 370 g/mol. The molecule has 0 atom stereocenters. The molecular weight excluding hydrogens is 346 g/mol. The van der Waals surface area contributed by atoms with Crippen LogP contribution in [0.15, 0.2) is 73.1 Å². The number of anilines is 1. The number of hydrogen-bond donors (Lipinski definition) is 2. The number of aromatic nitrogens is 3. The van der Waals surface area contributed by atoms with Crippen molar-refractivity contribution in [1.82, 2.24) is 15.0 Å². The average Bonchev–Trinajstić information content (AvgIpc) is 2.73. The van der Waals surface area contributed by atoms with E-state index in [1.54, 1.807) is 12.4 Å². The van der Waals surface area contributed by atoms with E-state index in [1.165, 1.54) is 16.0 Å². The molecule has 0 amide bonds. The molecule has 2 aromatic heterocycles.